The molecule has 0 unspecified atom stereocenters. The van der Waals surface area contributed by atoms with Crippen molar-refractivity contribution in [3.8, 4) is 0 Å². The van der Waals surface area contributed by atoms with Crippen molar-refractivity contribution >= 4 is 5.96 Å². The zero-order valence-electron chi connectivity index (χ0n) is 15.2. The van der Waals surface area contributed by atoms with E-state index in [1.165, 1.54) is 0 Å². The average Bonchev–Trinajstić information content (AvgIpc) is 3.07. The Kier molecular flexibility index (Phi) is 8.04. The van der Waals surface area contributed by atoms with Crippen LogP contribution in [0.2, 0.25) is 0 Å². The molecule has 1 aromatic heterocycles. The Morgan fingerprint density at radius 1 is 1.38 bits per heavy atom. The van der Waals surface area contributed by atoms with Gasteiger partial charge in [-0.15, -0.1) is 0 Å². The summed E-state index contributed by atoms with van der Waals surface area (Å²) in [6.45, 7) is 14.3. The van der Waals surface area contributed by atoms with Crippen molar-refractivity contribution in [2.24, 2.45) is 10.9 Å². The van der Waals surface area contributed by atoms with E-state index in [0.717, 1.165) is 57.5 Å². The van der Waals surface area contributed by atoms with Gasteiger partial charge < -0.3 is 19.5 Å². The van der Waals surface area contributed by atoms with Gasteiger partial charge in [0.2, 0.25) is 0 Å². The molecule has 0 radical (unpaired) electrons. The second-order valence-electron chi connectivity index (χ2n) is 6.46. The summed E-state index contributed by atoms with van der Waals surface area (Å²) in [5.74, 6) is 1.56. The summed E-state index contributed by atoms with van der Waals surface area (Å²) >= 11 is 0. The van der Waals surface area contributed by atoms with Crippen LogP contribution in [0.15, 0.2) is 21.8 Å². The van der Waals surface area contributed by atoms with Crippen molar-refractivity contribution in [1.29, 1.82) is 0 Å². The molecule has 0 aromatic carbocycles. The maximum absolute atomic E-state index is 5.61. The van der Waals surface area contributed by atoms with Crippen LogP contribution in [0.5, 0.6) is 0 Å². The van der Waals surface area contributed by atoms with E-state index in [1.807, 2.05) is 6.07 Å². The van der Waals surface area contributed by atoms with Gasteiger partial charge in [0.15, 0.2) is 5.96 Å². The summed E-state index contributed by atoms with van der Waals surface area (Å²) in [7, 11) is 0. The molecule has 7 heteroatoms. The number of rotatable bonds is 8. The van der Waals surface area contributed by atoms with Gasteiger partial charge in [-0.25, -0.2) is 0 Å². The van der Waals surface area contributed by atoms with E-state index in [9.17, 15) is 0 Å². The van der Waals surface area contributed by atoms with Gasteiger partial charge in [0.25, 0.3) is 0 Å². The molecule has 1 saturated heterocycles. The monoisotopic (exact) mass is 337 g/mol. The second kappa shape index (κ2) is 10.3. The van der Waals surface area contributed by atoms with E-state index >= 15 is 0 Å². The zero-order chi connectivity index (χ0) is 17.2. The third kappa shape index (κ3) is 6.49. The van der Waals surface area contributed by atoms with E-state index in [1.54, 1.807) is 6.26 Å². The lowest BCUT2D eigenvalue weighted by atomic mass is 10.2. The molecule has 1 aliphatic heterocycles. The highest BCUT2D eigenvalue weighted by atomic mass is 16.5. The van der Waals surface area contributed by atoms with Crippen molar-refractivity contribution in [2.45, 2.75) is 27.3 Å². The molecular formula is C17H31N5O2. The van der Waals surface area contributed by atoms with Crippen LogP contribution in [0.1, 0.15) is 26.5 Å². The van der Waals surface area contributed by atoms with Gasteiger partial charge in [-0.1, -0.05) is 19.0 Å². The summed E-state index contributed by atoms with van der Waals surface area (Å²) in [5.41, 5.74) is 0.992. The topological polar surface area (TPSA) is 66.1 Å². The van der Waals surface area contributed by atoms with E-state index in [-0.39, 0.29) is 0 Å². The standard InChI is InChI=1S/C17H31N5O2/c1-4-18-17(19-6-12-23-14-15(2)3)22-9-7-21(8-10-22)13-16-5-11-24-20-16/h5,11,15H,4,6-10,12-14H2,1-3H3,(H,18,19). The zero-order valence-corrected chi connectivity index (χ0v) is 15.2. The summed E-state index contributed by atoms with van der Waals surface area (Å²) in [4.78, 5) is 9.41. The number of guanidine groups is 1. The van der Waals surface area contributed by atoms with Gasteiger partial charge in [0.1, 0.15) is 6.26 Å². The first-order chi connectivity index (χ1) is 11.7. The van der Waals surface area contributed by atoms with Crippen LogP contribution >= 0.6 is 0 Å². The quantitative estimate of drug-likeness (QED) is 0.440. The number of aliphatic imine (C=N–C) groups is 1. The van der Waals surface area contributed by atoms with Crippen LogP contribution in [0, 0.1) is 5.92 Å². The second-order valence-corrected chi connectivity index (χ2v) is 6.46. The minimum Gasteiger partial charge on any atom is -0.379 e. The largest absolute Gasteiger partial charge is 0.379 e. The lowest BCUT2D eigenvalue weighted by Crippen LogP contribution is -2.52. The summed E-state index contributed by atoms with van der Waals surface area (Å²) < 4.78 is 10.5. The number of nitrogens with zero attached hydrogens (tertiary/aromatic N) is 4. The fraction of sp³-hybridized carbons (Fsp3) is 0.765. The molecule has 0 atom stereocenters. The molecule has 1 aliphatic rings. The van der Waals surface area contributed by atoms with Crippen LogP contribution in [0.3, 0.4) is 0 Å². The maximum atomic E-state index is 5.61. The predicted molar refractivity (Wildman–Crippen MR) is 95.0 cm³/mol. The molecule has 2 rings (SSSR count). The lowest BCUT2D eigenvalue weighted by molar-refractivity contribution is 0.116. The molecule has 1 fully saturated rings. The smallest absolute Gasteiger partial charge is 0.194 e. The first-order valence-electron chi connectivity index (χ1n) is 8.91. The molecule has 1 N–H and O–H groups in total. The van der Waals surface area contributed by atoms with Crippen LogP contribution in [-0.2, 0) is 11.3 Å². The summed E-state index contributed by atoms with van der Waals surface area (Å²) in [6.07, 6.45) is 1.63. The summed E-state index contributed by atoms with van der Waals surface area (Å²) in [5, 5.41) is 7.37. The minimum absolute atomic E-state index is 0.569. The third-order valence-corrected chi connectivity index (χ3v) is 3.83. The van der Waals surface area contributed by atoms with E-state index in [0.29, 0.717) is 19.1 Å². The molecule has 7 nitrogen and oxygen atoms in total. The van der Waals surface area contributed by atoms with Gasteiger partial charge in [-0.2, -0.15) is 0 Å². The predicted octanol–water partition coefficient (Wildman–Crippen LogP) is 1.43. The van der Waals surface area contributed by atoms with Crippen LogP contribution in [-0.4, -0.2) is 73.4 Å². The fourth-order valence-electron chi connectivity index (χ4n) is 2.63. The van der Waals surface area contributed by atoms with Crippen molar-refractivity contribution in [3.63, 3.8) is 0 Å². The van der Waals surface area contributed by atoms with Gasteiger partial charge in [0.05, 0.1) is 18.8 Å². The molecule has 0 bridgehead atoms. The Morgan fingerprint density at radius 2 is 2.17 bits per heavy atom. The minimum atomic E-state index is 0.569. The molecule has 136 valence electrons. The van der Waals surface area contributed by atoms with E-state index in [4.69, 9.17) is 14.3 Å². The average molecular weight is 337 g/mol. The lowest BCUT2D eigenvalue weighted by Gasteiger charge is -2.36. The number of aromatic nitrogens is 1. The SMILES string of the molecule is CCNC(=NCCOCC(C)C)N1CCN(Cc2ccon2)CC1. The number of ether oxygens (including phenoxy) is 1. The van der Waals surface area contributed by atoms with Gasteiger partial charge in [-0.3, -0.25) is 9.89 Å². The van der Waals surface area contributed by atoms with Crippen LogP contribution in [0.4, 0.5) is 0 Å². The molecule has 0 spiro atoms. The Morgan fingerprint density at radius 3 is 2.79 bits per heavy atom. The van der Waals surface area contributed by atoms with Gasteiger partial charge in [0, 0.05) is 51.9 Å². The Bertz CT molecular complexity index is 467. The maximum Gasteiger partial charge on any atom is 0.194 e. The molecule has 2 heterocycles. The Balaban J connectivity index is 1.75. The molecule has 0 saturated carbocycles. The van der Waals surface area contributed by atoms with Crippen molar-refractivity contribution < 1.29 is 9.26 Å². The number of piperazine rings is 1. The highest BCUT2D eigenvalue weighted by molar-refractivity contribution is 5.80. The molecule has 1 aromatic rings. The third-order valence-electron chi connectivity index (χ3n) is 3.83. The van der Waals surface area contributed by atoms with Crippen molar-refractivity contribution in [1.82, 2.24) is 20.3 Å². The van der Waals surface area contributed by atoms with Crippen LogP contribution in [0.25, 0.3) is 0 Å². The van der Waals surface area contributed by atoms with E-state index < -0.39 is 0 Å². The Labute approximate surface area is 145 Å². The normalized spacial score (nSPS) is 16.8. The number of hydrogen-bond acceptors (Lipinski definition) is 5. The Hall–Kier alpha value is -1.60. The summed E-state index contributed by atoms with van der Waals surface area (Å²) in [6, 6.07) is 1.93. The fourth-order valence-corrected chi connectivity index (χ4v) is 2.63. The van der Waals surface area contributed by atoms with Crippen molar-refractivity contribution in [3.05, 3.63) is 18.0 Å². The number of nitrogens with one attached hydrogen (secondary N) is 1. The molecule has 0 aliphatic carbocycles. The first kappa shape index (κ1) is 18.7. The highest BCUT2D eigenvalue weighted by Gasteiger charge is 2.20. The highest BCUT2D eigenvalue weighted by Crippen LogP contribution is 2.07. The first-order valence-corrected chi connectivity index (χ1v) is 8.91. The molecule has 24 heavy (non-hydrogen) atoms. The van der Waals surface area contributed by atoms with Crippen molar-refractivity contribution in [2.75, 3.05) is 52.5 Å². The van der Waals surface area contributed by atoms with Gasteiger partial charge in [-0.05, 0) is 12.8 Å². The van der Waals surface area contributed by atoms with Gasteiger partial charge >= 0.3 is 0 Å². The molecular weight excluding hydrogens is 306 g/mol. The van der Waals surface area contributed by atoms with E-state index in [2.05, 4.69) is 41.0 Å². The van der Waals surface area contributed by atoms with Crippen LogP contribution < -0.4 is 5.32 Å². The molecule has 0 amide bonds. The number of hydrogen-bond donors (Lipinski definition) is 1.